The van der Waals surface area contributed by atoms with Crippen LogP contribution in [0.1, 0.15) is 24.8 Å². The van der Waals surface area contributed by atoms with Crippen molar-refractivity contribution in [1.29, 1.82) is 0 Å². The maximum atomic E-state index is 9.64. The van der Waals surface area contributed by atoms with E-state index in [1.165, 1.54) is 0 Å². The Hall–Kier alpha value is -0.380. The third-order valence-corrected chi connectivity index (χ3v) is 2.98. The topological polar surface area (TPSA) is 46.0 Å². The van der Waals surface area contributed by atoms with Gasteiger partial charge in [-0.3, -0.25) is 0 Å². The number of aromatic nitrogens is 2. The second-order valence-electron chi connectivity index (χ2n) is 3.71. The molecule has 0 saturated heterocycles. The summed E-state index contributed by atoms with van der Waals surface area (Å²) in [6, 6.07) is 1.70. The van der Waals surface area contributed by atoms with E-state index in [0.717, 1.165) is 24.8 Å². The zero-order valence-corrected chi connectivity index (χ0v) is 9.02. The van der Waals surface area contributed by atoms with Gasteiger partial charge in [0, 0.05) is 0 Å². The van der Waals surface area contributed by atoms with Crippen LogP contribution in [0.2, 0.25) is 10.3 Å². The van der Waals surface area contributed by atoms with Gasteiger partial charge in [-0.25, -0.2) is 0 Å². The Kier molecular flexibility index (Phi) is 2.64. The van der Waals surface area contributed by atoms with Gasteiger partial charge in [-0.15, -0.1) is 10.2 Å². The normalized spacial score (nSPS) is 18.2. The molecule has 0 aliphatic heterocycles. The maximum Gasteiger partial charge on any atom is 0.155 e. The first-order chi connectivity index (χ1) is 6.59. The van der Waals surface area contributed by atoms with Crippen molar-refractivity contribution < 1.29 is 5.11 Å². The van der Waals surface area contributed by atoms with Crippen molar-refractivity contribution in [2.24, 2.45) is 0 Å². The summed E-state index contributed by atoms with van der Waals surface area (Å²) >= 11 is 11.5. The van der Waals surface area contributed by atoms with Gasteiger partial charge in [-0.1, -0.05) is 23.2 Å². The SMILES string of the molecule is OC1(CCc2cc(Cl)nnc2Cl)CC1. The minimum absolute atomic E-state index is 0.340. The third-order valence-electron chi connectivity index (χ3n) is 2.48. The summed E-state index contributed by atoms with van der Waals surface area (Å²) in [5, 5.41) is 17.7. The first-order valence-electron chi connectivity index (χ1n) is 4.49. The van der Waals surface area contributed by atoms with Crippen LogP contribution in [-0.2, 0) is 6.42 Å². The lowest BCUT2D eigenvalue weighted by Gasteiger charge is -2.07. The highest BCUT2D eigenvalue weighted by atomic mass is 35.5. The predicted molar refractivity (Wildman–Crippen MR) is 54.6 cm³/mol. The van der Waals surface area contributed by atoms with Crippen molar-refractivity contribution in [3.05, 3.63) is 21.9 Å². The van der Waals surface area contributed by atoms with Crippen molar-refractivity contribution in [3.8, 4) is 0 Å². The molecule has 5 heteroatoms. The Morgan fingerprint density at radius 1 is 1.36 bits per heavy atom. The number of hydrogen-bond acceptors (Lipinski definition) is 3. The zero-order valence-electron chi connectivity index (χ0n) is 7.50. The number of rotatable bonds is 3. The Morgan fingerprint density at radius 2 is 2.07 bits per heavy atom. The fraction of sp³-hybridized carbons (Fsp3) is 0.556. The lowest BCUT2D eigenvalue weighted by molar-refractivity contribution is 0.140. The van der Waals surface area contributed by atoms with Gasteiger partial charge in [-0.05, 0) is 37.3 Å². The highest BCUT2D eigenvalue weighted by Gasteiger charge is 2.39. The van der Waals surface area contributed by atoms with Crippen LogP contribution in [0.5, 0.6) is 0 Å². The minimum Gasteiger partial charge on any atom is -0.390 e. The summed E-state index contributed by atoms with van der Waals surface area (Å²) in [6.07, 6.45) is 3.19. The van der Waals surface area contributed by atoms with Crippen LogP contribution in [-0.4, -0.2) is 20.9 Å². The van der Waals surface area contributed by atoms with E-state index < -0.39 is 5.60 Å². The Bertz CT molecular complexity index is 353. The van der Waals surface area contributed by atoms with Crippen LogP contribution in [0.3, 0.4) is 0 Å². The average Bonchev–Trinajstić information content (AvgIpc) is 2.87. The third kappa shape index (κ3) is 2.35. The van der Waals surface area contributed by atoms with E-state index >= 15 is 0 Å². The molecule has 0 radical (unpaired) electrons. The summed E-state index contributed by atoms with van der Waals surface area (Å²) in [6.45, 7) is 0. The van der Waals surface area contributed by atoms with Gasteiger partial charge in [0.1, 0.15) is 0 Å². The standard InChI is InChI=1S/C9H10Cl2N2O/c10-7-5-6(8(11)13-12-7)1-2-9(14)3-4-9/h5,14H,1-4H2. The molecule has 1 N–H and O–H groups in total. The Labute approximate surface area is 92.1 Å². The minimum atomic E-state index is -0.459. The number of aryl methyl sites for hydroxylation is 1. The summed E-state index contributed by atoms with van der Waals surface area (Å²) in [5.41, 5.74) is 0.394. The molecule has 2 rings (SSSR count). The molecule has 1 aliphatic rings. The molecule has 3 nitrogen and oxygen atoms in total. The quantitative estimate of drug-likeness (QED) is 0.870. The summed E-state index contributed by atoms with van der Waals surface area (Å²) in [4.78, 5) is 0. The molecule has 1 saturated carbocycles. The summed E-state index contributed by atoms with van der Waals surface area (Å²) < 4.78 is 0. The molecule has 1 heterocycles. The van der Waals surface area contributed by atoms with Gasteiger partial charge in [-0.2, -0.15) is 0 Å². The molecule has 0 unspecified atom stereocenters. The van der Waals surface area contributed by atoms with Crippen molar-refractivity contribution in [1.82, 2.24) is 10.2 Å². The molecule has 1 aromatic rings. The average molecular weight is 233 g/mol. The van der Waals surface area contributed by atoms with Gasteiger partial charge in [0.2, 0.25) is 0 Å². The molecule has 0 bridgehead atoms. The van der Waals surface area contributed by atoms with E-state index in [4.69, 9.17) is 23.2 Å². The van der Waals surface area contributed by atoms with Crippen molar-refractivity contribution in [2.75, 3.05) is 0 Å². The Morgan fingerprint density at radius 3 is 2.71 bits per heavy atom. The van der Waals surface area contributed by atoms with E-state index in [9.17, 15) is 5.11 Å². The van der Waals surface area contributed by atoms with Gasteiger partial charge >= 0.3 is 0 Å². The highest BCUT2D eigenvalue weighted by molar-refractivity contribution is 6.31. The van der Waals surface area contributed by atoms with Gasteiger partial charge in [0.25, 0.3) is 0 Å². The van der Waals surface area contributed by atoms with E-state index in [1.54, 1.807) is 6.07 Å². The molecule has 0 spiro atoms. The summed E-state index contributed by atoms with van der Waals surface area (Å²) in [7, 11) is 0. The number of hydrogen-bond donors (Lipinski definition) is 1. The van der Waals surface area contributed by atoms with E-state index in [2.05, 4.69) is 10.2 Å². The molecule has 1 aromatic heterocycles. The molecule has 1 fully saturated rings. The van der Waals surface area contributed by atoms with Gasteiger partial charge in [0.05, 0.1) is 5.60 Å². The zero-order chi connectivity index (χ0) is 10.2. The van der Waals surface area contributed by atoms with Gasteiger partial charge in [0.15, 0.2) is 10.3 Å². The number of nitrogens with zero attached hydrogens (tertiary/aromatic N) is 2. The molecule has 1 aliphatic carbocycles. The molecular formula is C9H10Cl2N2O. The molecule has 0 aromatic carbocycles. The van der Waals surface area contributed by atoms with Crippen molar-refractivity contribution in [2.45, 2.75) is 31.3 Å². The molecular weight excluding hydrogens is 223 g/mol. The van der Waals surface area contributed by atoms with E-state index in [-0.39, 0.29) is 0 Å². The van der Waals surface area contributed by atoms with Crippen LogP contribution in [0, 0.1) is 0 Å². The molecule has 0 atom stereocenters. The molecule has 0 amide bonds. The lowest BCUT2D eigenvalue weighted by Crippen LogP contribution is -2.08. The fourth-order valence-electron chi connectivity index (χ4n) is 1.33. The van der Waals surface area contributed by atoms with Crippen LogP contribution >= 0.6 is 23.2 Å². The second kappa shape index (κ2) is 3.65. The second-order valence-corrected chi connectivity index (χ2v) is 4.45. The maximum absolute atomic E-state index is 9.64. The smallest absolute Gasteiger partial charge is 0.155 e. The van der Waals surface area contributed by atoms with Crippen LogP contribution in [0.4, 0.5) is 0 Å². The molecule has 76 valence electrons. The first-order valence-corrected chi connectivity index (χ1v) is 5.25. The van der Waals surface area contributed by atoms with Crippen LogP contribution < -0.4 is 0 Å². The largest absolute Gasteiger partial charge is 0.390 e. The van der Waals surface area contributed by atoms with E-state index in [1.807, 2.05) is 0 Å². The lowest BCUT2D eigenvalue weighted by atomic mass is 10.1. The van der Waals surface area contributed by atoms with Crippen molar-refractivity contribution in [3.63, 3.8) is 0 Å². The fourth-order valence-corrected chi connectivity index (χ4v) is 1.68. The first kappa shape index (κ1) is 10.1. The Balaban J connectivity index is 2.04. The van der Waals surface area contributed by atoms with Crippen LogP contribution in [0.15, 0.2) is 6.07 Å². The monoisotopic (exact) mass is 232 g/mol. The van der Waals surface area contributed by atoms with Crippen molar-refractivity contribution >= 4 is 23.2 Å². The highest BCUT2D eigenvalue weighted by Crippen LogP contribution is 2.39. The summed E-state index contributed by atoms with van der Waals surface area (Å²) in [5.74, 6) is 0. The van der Waals surface area contributed by atoms with Crippen LogP contribution in [0.25, 0.3) is 0 Å². The van der Waals surface area contributed by atoms with E-state index in [0.29, 0.717) is 16.7 Å². The number of aliphatic hydroxyl groups is 1. The molecule has 14 heavy (non-hydrogen) atoms. The number of halogens is 2. The predicted octanol–water partition coefficient (Wildman–Crippen LogP) is 2.24. The van der Waals surface area contributed by atoms with Gasteiger partial charge < -0.3 is 5.11 Å².